The maximum absolute atomic E-state index is 3.79. The van der Waals surface area contributed by atoms with Gasteiger partial charge in [0.25, 0.3) is 0 Å². The minimum absolute atomic E-state index is 0.410. The molecule has 1 atom stereocenters. The van der Waals surface area contributed by atoms with Crippen molar-refractivity contribution in [2.75, 3.05) is 19.6 Å². The molecule has 2 aliphatic rings. The van der Waals surface area contributed by atoms with Gasteiger partial charge in [0.15, 0.2) is 0 Å². The molecule has 17 heavy (non-hydrogen) atoms. The molecule has 2 heteroatoms. The molecule has 0 aromatic rings. The van der Waals surface area contributed by atoms with Crippen LogP contribution in [0, 0.1) is 5.41 Å². The van der Waals surface area contributed by atoms with Crippen LogP contribution in [0.15, 0.2) is 0 Å². The molecule has 2 N–H and O–H groups in total. The lowest BCUT2D eigenvalue weighted by molar-refractivity contribution is 0.246. The Balaban J connectivity index is 1.78. The first-order valence-electron chi connectivity index (χ1n) is 7.70. The molecule has 1 aliphatic carbocycles. The lowest BCUT2D eigenvalue weighted by Gasteiger charge is -2.33. The van der Waals surface area contributed by atoms with Gasteiger partial charge in [-0.1, -0.05) is 26.7 Å². The van der Waals surface area contributed by atoms with Crippen molar-refractivity contribution in [2.45, 2.75) is 70.8 Å². The van der Waals surface area contributed by atoms with E-state index in [1.807, 2.05) is 0 Å². The van der Waals surface area contributed by atoms with E-state index in [9.17, 15) is 0 Å². The van der Waals surface area contributed by atoms with Crippen molar-refractivity contribution in [1.29, 1.82) is 0 Å². The van der Waals surface area contributed by atoms with E-state index in [-0.39, 0.29) is 0 Å². The Labute approximate surface area is 107 Å². The lowest BCUT2D eigenvalue weighted by atomic mass is 9.83. The molecule has 2 fully saturated rings. The van der Waals surface area contributed by atoms with E-state index >= 15 is 0 Å². The predicted molar refractivity (Wildman–Crippen MR) is 74.3 cm³/mol. The molecule has 1 saturated carbocycles. The van der Waals surface area contributed by atoms with Gasteiger partial charge in [0.2, 0.25) is 0 Å². The maximum Gasteiger partial charge on any atom is 0.0304 e. The zero-order valence-corrected chi connectivity index (χ0v) is 11.8. The minimum atomic E-state index is 0.410. The largest absolute Gasteiger partial charge is 0.314 e. The Morgan fingerprint density at radius 2 is 1.71 bits per heavy atom. The second kappa shape index (κ2) is 5.71. The highest BCUT2D eigenvalue weighted by molar-refractivity contribution is 4.95. The van der Waals surface area contributed by atoms with Gasteiger partial charge in [0.1, 0.15) is 0 Å². The van der Waals surface area contributed by atoms with E-state index in [4.69, 9.17) is 0 Å². The van der Waals surface area contributed by atoms with Crippen molar-refractivity contribution < 1.29 is 0 Å². The van der Waals surface area contributed by atoms with Gasteiger partial charge in [-0.3, -0.25) is 0 Å². The molecular formula is C15H30N2. The zero-order chi connectivity index (χ0) is 12.2. The molecule has 1 aliphatic heterocycles. The third kappa shape index (κ3) is 3.03. The van der Waals surface area contributed by atoms with Crippen LogP contribution in [0.2, 0.25) is 0 Å². The van der Waals surface area contributed by atoms with E-state index in [0.717, 1.165) is 0 Å². The van der Waals surface area contributed by atoms with Crippen LogP contribution in [-0.2, 0) is 0 Å². The fraction of sp³-hybridized carbons (Fsp3) is 1.00. The average Bonchev–Trinajstić information content (AvgIpc) is 2.99. The average molecular weight is 238 g/mol. The molecule has 0 radical (unpaired) electrons. The maximum atomic E-state index is 3.79. The van der Waals surface area contributed by atoms with E-state index in [1.165, 1.54) is 71.0 Å². The smallest absolute Gasteiger partial charge is 0.0304 e. The zero-order valence-electron chi connectivity index (χ0n) is 11.8. The summed E-state index contributed by atoms with van der Waals surface area (Å²) in [7, 11) is 0. The van der Waals surface area contributed by atoms with Gasteiger partial charge in [-0.15, -0.1) is 0 Å². The summed E-state index contributed by atoms with van der Waals surface area (Å²) in [5.41, 5.74) is 1.04. The number of rotatable bonds is 6. The quantitative estimate of drug-likeness (QED) is 0.743. The Morgan fingerprint density at radius 3 is 2.24 bits per heavy atom. The van der Waals surface area contributed by atoms with Crippen LogP contribution in [0.5, 0.6) is 0 Å². The van der Waals surface area contributed by atoms with Crippen LogP contribution in [0.3, 0.4) is 0 Å². The summed E-state index contributed by atoms with van der Waals surface area (Å²) in [6, 6.07) is 0. The Hall–Kier alpha value is -0.0800. The molecular weight excluding hydrogens is 208 g/mol. The van der Waals surface area contributed by atoms with Crippen molar-refractivity contribution in [3.63, 3.8) is 0 Å². The Morgan fingerprint density at radius 1 is 0.941 bits per heavy atom. The number of hydrogen-bond donors (Lipinski definition) is 2. The highest BCUT2D eigenvalue weighted by Gasteiger charge is 2.34. The van der Waals surface area contributed by atoms with Gasteiger partial charge < -0.3 is 10.6 Å². The molecule has 0 amide bonds. The summed E-state index contributed by atoms with van der Waals surface area (Å²) < 4.78 is 0. The second-order valence-electron chi connectivity index (χ2n) is 6.33. The fourth-order valence-electron chi connectivity index (χ4n) is 3.79. The standard InChI is InChI=1S/C15H30N2/c1-3-14(8-5-6-9-14)12-16-13-15(4-2)10-7-11-17-15/h16-17H,3-13H2,1-2H3. The van der Waals surface area contributed by atoms with Crippen molar-refractivity contribution in [2.24, 2.45) is 5.41 Å². The second-order valence-corrected chi connectivity index (χ2v) is 6.33. The van der Waals surface area contributed by atoms with E-state index < -0.39 is 0 Å². The van der Waals surface area contributed by atoms with Gasteiger partial charge in [0.05, 0.1) is 0 Å². The summed E-state index contributed by atoms with van der Waals surface area (Å²) in [6.07, 6.45) is 11.1. The Kier molecular flexibility index (Phi) is 4.48. The van der Waals surface area contributed by atoms with E-state index in [1.54, 1.807) is 0 Å². The lowest BCUT2D eigenvalue weighted by Crippen LogP contribution is -2.49. The molecule has 2 rings (SSSR count). The highest BCUT2D eigenvalue weighted by atomic mass is 15.1. The van der Waals surface area contributed by atoms with Gasteiger partial charge in [0, 0.05) is 18.6 Å². The third-order valence-corrected chi connectivity index (χ3v) is 5.39. The van der Waals surface area contributed by atoms with Crippen molar-refractivity contribution in [3.05, 3.63) is 0 Å². The van der Waals surface area contributed by atoms with E-state index in [0.29, 0.717) is 11.0 Å². The molecule has 1 heterocycles. The Bertz CT molecular complexity index is 201. The molecule has 0 bridgehead atoms. The molecule has 1 unspecified atom stereocenters. The molecule has 0 aromatic carbocycles. The van der Waals surface area contributed by atoms with Crippen LogP contribution in [0.4, 0.5) is 0 Å². The summed E-state index contributed by atoms with van der Waals surface area (Å²) >= 11 is 0. The first-order chi connectivity index (χ1) is 8.24. The number of nitrogens with one attached hydrogen (secondary N) is 2. The summed E-state index contributed by atoms with van der Waals surface area (Å²) in [5.74, 6) is 0. The fourth-order valence-corrected chi connectivity index (χ4v) is 3.79. The number of hydrogen-bond acceptors (Lipinski definition) is 2. The summed E-state index contributed by atoms with van der Waals surface area (Å²) in [6.45, 7) is 8.33. The first kappa shape index (κ1) is 13.4. The van der Waals surface area contributed by atoms with Crippen LogP contribution >= 0.6 is 0 Å². The van der Waals surface area contributed by atoms with Crippen molar-refractivity contribution >= 4 is 0 Å². The van der Waals surface area contributed by atoms with Crippen molar-refractivity contribution in [3.8, 4) is 0 Å². The van der Waals surface area contributed by atoms with Crippen LogP contribution in [-0.4, -0.2) is 25.2 Å². The van der Waals surface area contributed by atoms with E-state index in [2.05, 4.69) is 24.5 Å². The molecule has 0 aromatic heterocycles. The van der Waals surface area contributed by atoms with Gasteiger partial charge in [-0.2, -0.15) is 0 Å². The van der Waals surface area contributed by atoms with Crippen LogP contribution < -0.4 is 10.6 Å². The van der Waals surface area contributed by atoms with Crippen LogP contribution in [0.1, 0.15) is 65.2 Å². The van der Waals surface area contributed by atoms with Gasteiger partial charge >= 0.3 is 0 Å². The molecule has 2 nitrogen and oxygen atoms in total. The SMILES string of the molecule is CCC1(CNCC2(CC)CCCN2)CCCC1. The molecule has 100 valence electrons. The normalized spacial score (nSPS) is 32.1. The highest BCUT2D eigenvalue weighted by Crippen LogP contribution is 2.40. The summed E-state index contributed by atoms with van der Waals surface area (Å²) in [5, 5.41) is 7.50. The minimum Gasteiger partial charge on any atom is -0.314 e. The third-order valence-electron chi connectivity index (χ3n) is 5.39. The summed E-state index contributed by atoms with van der Waals surface area (Å²) in [4.78, 5) is 0. The van der Waals surface area contributed by atoms with Crippen molar-refractivity contribution in [1.82, 2.24) is 10.6 Å². The molecule has 1 saturated heterocycles. The van der Waals surface area contributed by atoms with Gasteiger partial charge in [-0.25, -0.2) is 0 Å². The molecule has 0 spiro atoms. The van der Waals surface area contributed by atoms with Gasteiger partial charge in [-0.05, 0) is 50.5 Å². The van der Waals surface area contributed by atoms with Crippen LogP contribution in [0.25, 0.3) is 0 Å². The first-order valence-corrected chi connectivity index (χ1v) is 7.70. The predicted octanol–water partition coefficient (Wildman–Crippen LogP) is 3.08. The topological polar surface area (TPSA) is 24.1 Å². The monoisotopic (exact) mass is 238 g/mol.